The Hall–Kier alpha value is -2.28. The number of nitrogens with zero attached hydrogens (tertiary/aromatic N) is 2. The minimum absolute atomic E-state index is 0.145. The van der Waals surface area contributed by atoms with E-state index >= 15 is 0 Å². The van der Waals surface area contributed by atoms with E-state index in [1.165, 1.54) is 17.4 Å². The van der Waals surface area contributed by atoms with Crippen LogP contribution in [0.1, 0.15) is 5.69 Å². The summed E-state index contributed by atoms with van der Waals surface area (Å²) in [4.78, 5) is 15.8. The van der Waals surface area contributed by atoms with E-state index in [0.717, 1.165) is 0 Å². The SMILES string of the molecule is O=C(Cc1cscn1)Nc1n[nH]c2cccc(F)c12. The predicted molar refractivity (Wildman–Crippen MR) is 70.5 cm³/mol. The molecule has 0 fully saturated rings. The Kier molecular flexibility index (Phi) is 2.96. The molecule has 2 N–H and O–H groups in total. The number of thiazole rings is 1. The van der Waals surface area contributed by atoms with Crippen LogP contribution in [0.3, 0.4) is 0 Å². The predicted octanol–water partition coefficient (Wildman–Crippen LogP) is 2.34. The second kappa shape index (κ2) is 4.77. The number of carbonyl (C=O) groups is 1. The van der Waals surface area contributed by atoms with E-state index in [0.29, 0.717) is 11.2 Å². The minimum Gasteiger partial charge on any atom is -0.308 e. The van der Waals surface area contributed by atoms with Gasteiger partial charge in [-0.05, 0) is 12.1 Å². The molecule has 0 saturated heterocycles. The van der Waals surface area contributed by atoms with Gasteiger partial charge in [0.05, 0.1) is 28.5 Å². The van der Waals surface area contributed by atoms with Gasteiger partial charge in [0.2, 0.25) is 5.91 Å². The van der Waals surface area contributed by atoms with Crippen molar-refractivity contribution in [3.63, 3.8) is 0 Å². The number of hydrogen-bond acceptors (Lipinski definition) is 4. The zero-order chi connectivity index (χ0) is 13.2. The van der Waals surface area contributed by atoms with Crippen LogP contribution in [0, 0.1) is 5.82 Å². The van der Waals surface area contributed by atoms with E-state index in [-0.39, 0.29) is 23.5 Å². The molecular formula is C12H9FN4OS. The molecule has 1 aromatic carbocycles. The summed E-state index contributed by atoms with van der Waals surface area (Å²) < 4.78 is 13.7. The third kappa shape index (κ3) is 2.32. The lowest BCUT2D eigenvalue weighted by atomic mass is 10.2. The maximum absolute atomic E-state index is 13.7. The van der Waals surface area contributed by atoms with E-state index in [2.05, 4.69) is 20.5 Å². The maximum atomic E-state index is 13.7. The van der Waals surface area contributed by atoms with Crippen molar-refractivity contribution in [2.24, 2.45) is 0 Å². The lowest BCUT2D eigenvalue weighted by Crippen LogP contribution is -2.15. The van der Waals surface area contributed by atoms with Crippen LogP contribution in [-0.4, -0.2) is 21.1 Å². The summed E-state index contributed by atoms with van der Waals surface area (Å²) >= 11 is 1.42. The normalized spacial score (nSPS) is 10.8. The number of nitrogens with one attached hydrogen (secondary N) is 2. The summed E-state index contributed by atoms with van der Waals surface area (Å²) in [6.45, 7) is 0. The highest BCUT2D eigenvalue weighted by atomic mass is 32.1. The first kappa shape index (κ1) is 11.8. The second-order valence-electron chi connectivity index (χ2n) is 3.94. The first-order chi connectivity index (χ1) is 9.24. The standard InChI is InChI=1S/C12H9FN4OS/c13-8-2-1-3-9-11(8)12(17-16-9)15-10(18)4-7-5-19-6-14-7/h1-3,5-6H,4H2,(H2,15,16,17,18). The van der Waals surface area contributed by atoms with Crippen LogP contribution in [0.25, 0.3) is 10.9 Å². The molecule has 0 bridgehead atoms. The highest BCUT2D eigenvalue weighted by Gasteiger charge is 2.13. The van der Waals surface area contributed by atoms with Gasteiger partial charge in [0.15, 0.2) is 5.82 Å². The van der Waals surface area contributed by atoms with Gasteiger partial charge >= 0.3 is 0 Å². The monoisotopic (exact) mass is 276 g/mol. The van der Waals surface area contributed by atoms with Crippen LogP contribution in [0.5, 0.6) is 0 Å². The molecule has 0 unspecified atom stereocenters. The zero-order valence-corrected chi connectivity index (χ0v) is 10.5. The number of benzene rings is 1. The fourth-order valence-electron chi connectivity index (χ4n) is 1.79. The van der Waals surface area contributed by atoms with Gasteiger partial charge in [0, 0.05) is 5.38 Å². The van der Waals surface area contributed by atoms with Crippen molar-refractivity contribution in [1.82, 2.24) is 15.2 Å². The van der Waals surface area contributed by atoms with Gasteiger partial charge in [-0.1, -0.05) is 6.07 Å². The first-order valence-corrected chi connectivity index (χ1v) is 6.48. The number of anilines is 1. The summed E-state index contributed by atoms with van der Waals surface area (Å²) in [6.07, 6.45) is 0.145. The molecule has 0 saturated carbocycles. The largest absolute Gasteiger partial charge is 0.308 e. The molecule has 2 heterocycles. The number of fused-ring (bicyclic) bond motifs is 1. The summed E-state index contributed by atoms with van der Waals surface area (Å²) in [5.74, 6) is -0.494. The van der Waals surface area contributed by atoms with Crippen LogP contribution in [0.15, 0.2) is 29.1 Å². The van der Waals surface area contributed by atoms with Crippen LogP contribution >= 0.6 is 11.3 Å². The van der Waals surface area contributed by atoms with Gasteiger partial charge in [-0.3, -0.25) is 9.89 Å². The van der Waals surface area contributed by atoms with Crippen LogP contribution in [0.4, 0.5) is 10.2 Å². The number of rotatable bonds is 3. The van der Waals surface area contributed by atoms with E-state index in [9.17, 15) is 9.18 Å². The lowest BCUT2D eigenvalue weighted by molar-refractivity contribution is -0.115. The fourth-order valence-corrected chi connectivity index (χ4v) is 2.34. The Morgan fingerprint density at radius 3 is 3.16 bits per heavy atom. The van der Waals surface area contributed by atoms with Crippen LogP contribution < -0.4 is 5.32 Å². The first-order valence-electron chi connectivity index (χ1n) is 5.53. The van der Waals surface area contributed by atoms with Gasteiger partial charge in [-0.2, -0.15) is 5.10 Å². The van der Waals surface area contributed by atoms with E-state index in [1.807, 2.05) is 0 Å². The van der Waals surface area contributed by atoms with Crippen molar-refractivity contribution in [2.45, 2.75) is 6.42 Å². The Bertz CT molecular complexity index is 722. The smallest absolute Gasteiger partial charge is 0.231 e. The van der Waals surface area contributed by atoms with E-state index in [4.69, 9.17) is 0 Å². The molecule has 2 aromatic heterocycles. The van der Waals surface area contributed by atoms with Gasteiger partial charge in [0.1, 0.15) is 5.82 Å². The van der Waals surface area contributed by atoms with Crippen molar-refractivity contribution < 1.29 is 9.18 Å². The van der Waals surface area contributed by atoms with Crippen molar-refractivity contribution >= 4 is 34.0 Å². The van der Waals surface area contributed by atoms with Gasteiger partial charge in [0.25, 0.3) is 0 Å². The number of aromatic amines is 1. The average Bonchev–Trinajstić information content (AvgIpc) is 3.00. The molecule has 0 aliphatic rings. The molecule has 96 valence electrons. The molecule has 3 aromatic rings. The fraction of sp³-hybridized carbons (Fsp3) is 0.0833. The molecule has 1 amide bonds. The Balaban J connectivity index is 1.83. The highest BCUT2D eigenvalue weighted by Crippen LogP contribution is 2.23. The van der Waals surface area contributed by atoms with Crippen molar-refractivity contribution in [3.8, 4) is 0 Å². The summed E-state index contributed by atoms with van der Waals surface area (Å²) in [6, 6.07) is 4.60. The molecule has 0 spiro atoms. The average molecular weight is 276 g/mol. The lowest BCUT2D eigenvalue weighted by Gasteiger charge is -2.01. The number of amides is 1. The third-order valence-corrected chi connectivity index (χ3v) is 3.26. The van der Waals surface area contributed by atoms with Gasteiger partial charge < -0.3 is 5.32 Å². The van der Waals surface area contributed by atoms with E-state index < -0.39 is 5.82 Å². The third-order valence-electron chi connectivity index (χ3n) is 2.62. The van der Waals surface area contributed by atoms with E-state index in [1.54, 1.807) is 23.0 Å². The molecule has 0 aliphatic carbocycles. The number of carbonyl (C=O) groups excluding carboxylic acids is 1. The Morgan fingerprint density at radius 1 is 1.47 bits per heavy atom. The van der Waals surface area contributed by atoms with Crippen molar-refractivity contribution in [1.29, 1.82) is 0 Å². The molecule has 0 radical (unpaired) electrons. The minimum atomic E-state index is -0.421. The van der Waals surface area contributed by atoms with Crippen LogP contribution in [0.2, 0.25) is 0 Å². The molecule has 19 heavy (non-hydrogen) atoms. The van der Waals surface area contributed by atoms with Gasteiger partial charge in [-0.15, -0.1) is 11.3 Å². The number of hydrogen-bond donors (Lipinski definition) is 2. The molecule has 0 aliphatic heterocycles. The number of aromatic nitrogens is 3. The molecule has 5 nitrogen and oxygen atoms in total. The Morgan fingerprint density at radius 2 is 2.37 bits per heavy atom. The number of halogens is 1. The van der Waals surface area contributed by atoms with Gasteiger partial charge in [-0.25, -0.2) is 9.37 Å². The second-order valence-corrected chi connectivity index (χ2v) is 4.66. The zero-order valence-electron chi connectivity index (χ0n) is 9.68. The molecular weight excluding hydrogens is 267 g/mol. The van der Waals surface area contributed by atoms with Crippen molar-refractivity contribution in [3.05, 3.63) is 40.6 Å². The van der Waals surface area contributed by atoms with Crippen LogP contribution in [-0.2, 0) is 11.2 Å². The summed E-state index contributed by atoms with van der Waals surface area (Å²) in [5.41, 5.74) is 2.89. The maximum Gasteiger partial charge on any atom is 0.231 e. The summed E-state index contributed by atoms with van der Waals surface area (Å²) in [5, 5.41) is 11.3. The topological polar surface area (TPSA) is 70.7 Å². The molecule has 0 atom stereocenters. The Labute approximate surface area is 111 Å². The molecule has 3 rings (SSSR count). The quantitative estimate of drug-likeness (QED) is 0.771. The van der Waals surface area contributed by atoms with Crippen molar-refractivity contribution in [2.75, 3.05) is 5.32 Å². The molecule has 7 heteroatoms. The summed E-state index contributed by atoms with van der Waals surface area (Å²) in [7, 11) is 0. The number of H-pyrrole nitrogens is 1. The highest BCUT2D eigenvalue weighted by molar-refractivity contribution is 7.07.